The van der Waals surface area contributed by atoms with Gasteiger partial charge in [-0.05, 0) is 53.0 Å². The molecule has 0 aliphatic rings. The van der Waals surface area contributed by atoms with Crippen molar-refractivity contribution < 1.29 is 40.2 Å². The summed E-state index contributed by atoms with van der Waals surface area (Å²) in [7, 11) is 0. The van der Waals surface area contributed by atoms with Gasteiger partial charge in [0.25, 0.3) is 0 Å². The third-order valence-electron chi connectivity index (χ3n) is 4.00. The minimum Gasteiger partial charge on any atom is -0.490 e. The highest BCUT2D eigenvalue weighted by Gasteiger charge is 2.73. The smallest absolute Gasteiger partial charge is 0.462 e. The number of hydrogen-bond donors (Lipinski definition) is 1. The van der Waals surface area contributed by atoms with Crippen LogP contribution >= 0.6 is 15.9 Å². The summed E-state index contributed by atoms with van der Waals surface area (Å²) >= 11 is 3.24. The normalized spacial score (nSPS) is 12.8. The van der Waals surface area contributed by atoms with Gasteiger partial charge in [-0.1, -0.05) is 29.8 Å². The van der Waals surface area contributed by atoms with E-state index in [9.17, 15) is 30.7 Å². The third kappa shape index (κ3) is 6.05. The van der Waals surface area contributed by atoms with E-state index in [4.69, 9.17) is 9.47 Å². The number of hydrazone groups is 1. The minimum atomic E-state index is -6.46. The molecule has 0 saturated carbocycles. The molecule has 0 fully saturated rings. The molecule has 0 bridgehead atoms. The van der Waals surface area contributed by atoms with Crippen LogP contribution in [0.15, 0.2) is 46.0 Å². The fourth-order valence-corrected chi connectivity index (χ4v) is 2.92. The van der Waals surface area contributed by atoms with Crippen LogP contribution in [0.3, 0.4) is 0 Å². The standard InChI is InChI=1S/C20H18BrF7N2O2/c1-3-31-16-9-14(10-29-30-20(27,28)18(22,23)19(24,25)26)8-15(21)17(16)32-11-13-6-4-12(2)5-7-13/h4-10,30H,3,11H2,1-2H3/b29-10+. The van der Waals surface area contributed by atoms with Crippen molar-refractivity contribution in [3.63, 3.8) is 0 Å². The van der Waals surface area contributed by atoms with Crippen LogP contribution in [0.2, 0.25) is 0 Å². The highest BCUT2D eigenvalue weighted by atomic mass is 79.9. The zero-order valence-corrected chi connectivity index (χ0v) is 18.3. The second-order valence-corrected chi connectivity index (χ2v) is 7.41. The Kier molecular flexibility index (Phi) is 8.02. The molecule has 0 heterocycles. The quantitative estimate of drug-likeness (QED) is 0.175. The van der Waals surface area contributed by atoms with Crippen LogP contribution in [-0.4, -0.2) is 31.0 Å². The Morgan fingerprint density at radius 2 is 1.62 bits per heavy atom. The summed E-state index contributed by atoms with van der Waals surface area (Å²) in [4.78, 5) is 0. The van der Waals surface area contributed by atoms with Crippen molar-refractivity contribution in [2.75, 3.05) is 6.61 Å². The fraction of sp³-hybridized carbons (Fsp3) is 0.350. The molecule has 0 atom stereocenters. The van der Waals surface area contributed by atoms with Gasteiger partial charge in [0.15, 0.2) is 11.5 Å². The van der Waals surface area contributed by atoms with Gasteiger partial charge in [0, 0.05) is 0 Å². The monoisotopic (exact) mass is 530 g/mol. The first-order valence-electron chi connectivity index (χ1n) is 9.05. The van der Waals surface area contributed by atoms with E-state index in [1.54, 1.807) is 6.92 Å². The van der Waals surface area contributed by atoms with Crippen molar-refractivity contribution in [3.8, 4) is 11.5 Å². The van der Waals surface area contributed by atoms with Crippen LogP contribution in [-0.2, 0) is 6.61 Å². The SMILES string of the molecule is CCOc1cc(/C=N/NC(F)(F)C(F)(F)C(F)(F)F)cc(Br)c1OCc1ccc(C)cc1. The lowest BCUT2D eigenvalue weighted by Crippen LogP contribution is -2.58. The molecule has 0 unspecified atom stereocenters. The Morgan fingerprint density at radius 3 is 2.19 bits per heavy atom. The van der Waals surface area contributed by atoms with E-state index in [-0.39, 0.29) is 30.3 Å². The Hall–Kier alpha value is -2.50. The van der Waals surface area contributed by atoms with Crippen molar-refractivity contribution in [1.29, 1.82) is 0 Å². The van der Waals surface area contributed by atoms with E-state index < -0.39 is 18.1 Å². The maximum atomic E-state index is 13.3. The summed E-state index contributed by atoms with van der Waals surface area (Å²) in [5.74, 6) is -5.85. The Labute approximate surface area is 187 Å². The predicted molar refractivity (Wildman–Crippen MR) is 108 cm³/mol. The predicted octanol–water partition coefficient (Wildman–Crippen LogP) is 6.45. The van der Waals surface area contributed by atoms with Gasteiger partial charge in [-0.25, -0.2) is 5.43 Å². The molecule has 0 amide bonds. The first-order chi connectivity index (χ1) is 14.8. The van der Waals surface area contributed by atoms with Crippen molar-refractivity contribution in [2.24, 2.45) is 5.10 Å². The topological polar surface area (TPSA) is 42.8 Å². The van der Waals surface area contributed by atoms with Gasteiger partial charge in [0.05, 0.1) is 17.3 Å². The van der Waals surface area contributed by atoms with Crippen LogP contribution in [0, 0.1) is 6.92 Å². The molecule has 2 aromatic rings. The second kappa shape index (κ2) is 9.97. The summed E-state index contributed by atoms with van der Waals surface area (Å²) in [5.41, 5.74) is 2.58. The molecule has 1 N–H and O–H groups in total. The molecule has 0 saturated heterocycles. The first kappa shape index (κ1) is 25.8. The van der Waals surface area contributed by atoms with Gasteiger partial charge in [0.1, 0.15) is 6.61 Å². The van der Waals surface area contributed by atoms with E-state index in [1.807, 2.05) is 31.2 Å². The molecule has 12 heteroatoms. The summed E-state index contributed by atoms with van der Waals surface area (Å²) < 4.78 is 100. The van der Waals surface area contributed by atoms with Crippen LogP contribution < -0.4 is 14.9 Å². The Morgan fingerprint density at radius 1 is 1.00 bits per heavy atom. The van der Waals surface area contributed by atoms with Crippen LogP contribution in [0.4, 0.5) is 30.7 Å². The van der Waals surface area contributed by atoms with Gasteiger partial charge >= 0.3 is 18.1 Å². The van der Waals surface area contributed by atoms with Gasteiger partial charge in [-0.3, -0.25) is 0 Å². The summed E-state index contributed by atoms with van der Waals surface area (Å²) in [5, 5.41) is 2.84. The zero-order chi connectivity index (χ0) is 24.2. The van der Waals surface area contributed by atoms with E-state index in [0.717, 1.165) is 11.1 Å². The van der Waals surface area contributed by atoms with Crippen molar-refractivity contribution >= 4 is 22.1 Å². The summed E-state index contributed by atoms with van der Waals surface area (Å²) in [6.45, 7) is 4.01. The highest BCUT2D eigenvalue weighted by molar-refractivity contribution is 9.10. The van der Waals surface area contributed by atoms with Crippen molar-refractivity contribution in [3.05, 3.63) is 57.6 Å². The lowest BCUT2D eigenvalue weighted by atomic mass is 10.1. The number of alkyl halides is 7. The average Bonchev–Trinajstić information content (AvgIpc) is 2.68. The van der Waals surface area contributed by atoms with Gasteiger partial charge in [-0.15, -0.1) is 0 Å². The molecule has 32 heavy (non-hydrogen) atoms. The number of hydrogen-bond acceptors (Lipinski definition) is 4. The maximum Gasteiger partial charge on any atom is 0.462 e. The molecular weight excluding hydrogens is 513 g/mol. The first-order valence-corrected chi connectivity index (χ1v) is 9.85. The number of halogens is 8. The molecule has 2 aromatic carbocycles. The average molecular weight is 531 g/mol. The third-order valence-corrected chi connectivity index (χ3v) is 4.59. The number of nitrogens with zero attached hydrogens (tertiary/aromatic N) is 1. The molecule has 0 spiro atoms. The second-order valence-electron chi connectivity index (χ2n) is 6.55. The molecule has 0 aromatic heterocycles. The summed E-state index contributed by atoms with van der Waals surface area (Å²) in [6, 6.07) is 4.55. The largest absolute Gasteiger partial charge is 0.490 e. The molecule has 0 aliphatic heterocycles. The number of benzene rings is 2. The van der Waals surface area contributed by atoms with E-state index in [1.165, 1.54) is 12.1 Å². The summed E-state index contributed by atoms with van der Waals surface area (Å²) in [6.07, 6.45) is -5.81. The number of ether oxygens (including phenoxy) is 2. The molecule has 4 nitrogen and oxygen atoms in total. The zero-order valence-electron chi connectivity index (χ0n) is 16.7. The van der Waals surface area contributed by atoms with E-state index in [2.05, 4.69) is 21.0 Å². The lowest BCUT2D eigenvalue weighted by Gasteiger charge is -2.27. The lowest BCUT2D eigenvalue weighted by molar-refractivity contribution is -0.361. The molecule has 176 valence electrons. The van der Waals surface area contributed by atoms with E-state index >= 15 is 0 Å². The van der Waals surface area contributed by atoms with Crippen molar-refractivity contribution in [1.82, 2.24) is 5.43 Å². The van der Waals surface area contributed by atoms with E-state index in [0.29, 0.717) is 16.1 Å². The van der Waals surface area contributed by atoms with Crippen LogP contribution in [0.5, 0.6) is 11.5 Å². The van der Waals surface area contributed by atoms with Crippen LogP contribution in [0.25, 0.3) is 0 Å². The highest BCUT2D eigenvalue weighted by Crippen LogP contribution is 2.45. The Bertz CT molecular complexity index is 948. The Balaban J connectivity index is 2.20. The van der Waals surface area contributed by atoms with Gasteiger partial charge in [0.2, 0.25) is 0 Å². The van der Waals surface area contributed by atoms with Crippen LogP contribution in [0.1, 0.15) is 23.6 Å². The molecule has 2 rings (SSSR count). The number of rotatable bonds is 9. The van der Waals surface area contributed by atoms with Gasteiger partial charge < -0.3 is 9.47 Å². The fourth-order valence-electron chi connectivity index (χ4n) is 2.34. The number of aryl methyl sites for hydroxylation is 1. The molecule has 0 radical (unpaired) electrons. The van der Waals surface area contributed by atoms with Gasteiger partial charge in [-0.2, -0.15) is 35.8 Å². The minimum absolute atomic E-state index is 0.0710. The molecule has 0 aliphatic carbocycles. The number of nitrogens with one attached hydrogen (secondary N) is 1. The molecular formula is C20H18BrF7N2O2. The van der Waals surface area contributed by atoms with Crippen molar-refractivity contribution in [2.45, 2.75) is 38.6 Å². The maximum absolute atomic E-state index is 13.3.